The van der Waals surface area contributed by atoms with Gasteiger partial charge in [0.1, 0.15) is 0 Å². The van der Waals surface area contributed by atoms with E-state index in [1.165, 1.54) is 12.1 Å². The Morgan fingerprint density at radius 2 is 1.96 bits per heavy atom. The van der Waals surface area contributed by atoms with Gasteiger partial charge in [0.25, 0.3) is 0 Å². The van der Waals surface area contributed by atoms with Gasteiger partial charge >= 0.3 is 11.9 Å². The van der Waals surface area contributed by atoms with Crippen LogP contribution >= 0.6 is 12.2 Å². The third-order valence-electron chi connectivity index (χ3n) is 5.48. The molecule has 28 heavy (non-hydrogen) atoms. The van der Waals surface area contributed by atoms with Crippen LogP contribution in [0.15, 0.2) is 48.8 Å². The van der Waals surface area contributed by atoms with Crippen molar-refractivity contribution < 1.29 is 19.4 Å². The zero-order valence-corrected chi connectivity index (χ0v) is 16.2. The van der Waals surface area contributed by atoms with E-state index in [-0.39, 0.29) is 23.7 Å². The van der Waals surface area contributed by atoms with Gasteiger partial charge in [0.15, 0.2) is 0 Å². The Morgan fingerprint density at radius 3 is 2.61 bits per heavy atom. The lowest BCUT2D eigenvalue weighted by atomic mass is 9.63. The number of carbonyl (C=O) groups excluding carboxylic acids is 1. The predicted molar refractivity (Wildman–Crippen MR) is 108 cm³/mol. The van der Waals surface area contributed by atoms with E-state index in [4.69, 9.17) is 22.7 Å². The number of esters is 1. The molecule has 0 amide bonds. The van der Waals surface area contributed by atoms with Gasteiger partial charge in [-0.15, -0.1) is 0 Å². The van der Waals surface area contributed by atoms with E-state index in [9.17, 15) is 14.7 Å². The number of nitrogens with two attached hydrogens (primary N) is 1. The first-order chi connectivity index (χ1) is 13.5. The summed E-state index contributed by atoms with van der Waals surface area (Å²) in [6.07, 6.45) is 6.98. The number of hydrogen-bond acceptors (Lipinski definition) is 5. The minimum absolute atomic E-state index is 0.0353. The molecule has 7 heteroatoms. The molecular formula is C21H22N2O4S. The maximum Gasteiger partial charge on any atom is 0.339 e. The fourth-order valence-electron chi connectivity index (χ4n) is 4.05. The van der Waals surface area contributed by atoms with E-state index in [1.807, 2.05) is 12.1 Å². The number of carbonyl (C=O) groups is 2. The van der Waals surface area contributed by atoms with E-state index in [0.717, 1.165) is 31.2 Å². The Kier molecular flexibility index (Phi) is 6.04. The molecule has 1 aliphatic carbocycles. The monoisotopic (exact) mass is 398 g/mol. The number of rotatable bonds is 6. The van der Waals surface area contributed by atoms with Crippen LogP contribution in [-0.4, -0.2) is 33.6 Å². The molecule has 2 atom stereocenters. The zero-order valence-electron chi connectivity index (χ0n) is 15.3. The van der Waals surface area contributed by atoms with Crippen LogP contribution in [0.5, 0.6) is 0 Å². The number of aromatic carboxylic acids is 1. The third-order valence-corrected chi connectivity index (χ3v) is 5.84. The molecule has 0 spiro atoms. The van der Waals surface area contributed by atoms with Crippen molar-refractivity contribution in [3.63, 3.8) is 0 Å². The van der Waals surface area contributed by atoms with Gasteiger partial charge in [-0.2, -0.15) is 0 Å². The summed E-state index contributed by atoms with van der Waals surface area (Å²) in [5, 5.41) is 9.29. The molecule has 1 saturated carbocycles. The van der Waals surface area contributed by atoms with E-state index in [1.54, 1.807) is 24.5 Å². The number of benzene rings is 1. The first-order valence-corrected chi connectivity index (χ1v) is 9.57. The molecule has 3 rings (SSSR count). The summed E-state index contributed by atoms with van der Waals surface area (Å²) >= 11 is 5.45. The second kappa shape index (κ2) is 8.48. The van der Waals surface area contributed by atoms with Gasteiger partial charge in [0.2, 0.25) is 0 Å². The molecule has 146 valence electrons. The average Bonchev–Trinajstić information content (AvgIpc) is 2.72. The fourth-order valence-corrected chi connectivity index (χ4v) is 4.43. The van der Waals surface area contributed by atoms with Crippen molar-refractivity contribution in [1.29, 1.82) is 0 Å². The quantitative estimate of drug-likeness (QED) is 0.568. The number of pyridine rings is 1. The molecule has 1 heterocycles. The highest BCUT2D eigenvalue weighted by Crippen LogP contribution is 2.44. The van der Waals surface area contributed by atoms with Crippen molar-refractivity contribution in [2.75, 3.05) is 6.61 Å². The molecule has 2 unspecified atom stereocenters. The van der Waals surface area contributed by atoms with Gasteiger partial charge in [-0.25, -0.2) is 9.59 Å². The molecule has 1 aromatic carbocycles. The van der Waals surface area contributed by atoms with Crippen LogP contribution in [-0.2, 0) is 10.2 Å². The van der Waals surface area contributed by atoms with Crippen LogP contribution in [0.25, 0.3) is 0 Å². The fraction of sp³-hybridized carbons (Fsp3) is 0.333. The van der Waals surface area contributed by atoms with Gasteiger partial charge in [0, 0.05) is 18.3 Å². The van der Waals surface area contributed by atoms with Crippen molar-refractivity contribution >= 4 is 29.1 Å². The number of carboxylic acid groups (broad SMARTS) is 1. The Hall–Kier alpha value is -2.80. The summed E-state index contributed by atoms with van der Waals surface area (Å²) in [5.41, 5.74) is 6.48. The van der Waals surface area contributed by atoms with Crippen molar-refractivity contribution in [3.05, 3.63) is 65.5 Å². The Balaban J connectivity index is 1.85. The SMILES string of the molecule is NC(=S)C1(c2cccnc2)CCCCC1COC(=O)c1ccccc1C(=O)O. The van der Waals surface area contributed by atoms with Gasteiger partial charge < -0.3 is 15.6 Å². The zero-order chi connectivity index (χ0) is 20.1. The molecule has 1 aliphatic rings. The minimum atomic E-state index is -1.17. The first-order valence-electron chi connectivity index (χ1n) is 9.16. The van der Waals surface area contributed by atoms with Gasteiger partial charge in [-0.05, 0) is 36.6 Å². The van der Waals surface area contributed by atoms with Crippen molar-refractivity contribution in [1.82, 2.24) is 4.98 Å². The molecule has 0 aliphatic heterocycles. The summed E-state index contributed by atoms with van der Waals surface area (Å²) < 4.78 is 5.55. The van der Waals surface area contributed by atoms with E-state index in [2.05, 4.69) is 4.98 Å². The highest BCUT2D eigenvalue weighted by molar-refractivity contribution is 7.80. The second-order valence-electron chi connectivity index (χ2n) is 6.97. The van der Waals surface area contributed by atoms with E-state index < -0.39 is 17.4 Å². The van der Waals surface area contributed by atoms with Crippen LogP contribution in [0.1, 0.15) is 52.0 Å². The molecule has 0 saturated heterocycles. The normalized spacial score (nSPS) is 21.6. The van der Waals surface area contributed by atoms with Gasteiger partial charge in [-0.1, -0.05) is 43.3 Å². The van der Waals surface area contributed by atoms with Gasteiger partial charge in [0.05, 0.1) is 28.1 Å². The maximum atomic E-state index is 12.6. The Labute approximate surface area is 168 Å². The maximum absolute atomic E-state index is 12.6. The van der Waals surface area contributed by atoms with Crippen LogP contribution in [0.3, 0.4) is 0 Å². The van der Waals surface area contributed by atoms with Crippen molar-refractivity contribution in [2.24, 2.45) is 11.7 Å². The lowest BCUT2D eigenvalue weighted by Crippen LogP contribution is -2.50. The van der Waals surface area contributed by atoms with Gasteiger partial charge in [-0.3, -0.25) is 4.98 Å². The van der Waals surface area contributed by atoms with Crippen LogP contribution in [0.2, 0.25) is 0 Å². The summed E-state index contributed by atoms with van der Waals surface area (Å²) in [6.45, 7) is 0.110. The lowest BCUT2D eigenvalue weighted by Gasteiger charge is -2.43. The molecule has 0 radical (unpaired) electrons. The topological polar surface area (TPSA) is 103 Å². The van der Waals surface area contributed by atoms with Crippen LogP contribution in [0, 0.1) is 5.92 Å². The number of hydrogen-bond donors (Lipinski definition) is 2. The number of nitrogens with zero attached hydrogens (tertiary/aromatic N) is 1. The highest BCUT2D eigenvalue weighted by Gasteiger charge is 2.45. The predicted octanol–water partition coefficient (Wildman–Crippen LogP) is 3.35. The molecule has 1 fully saturated rings. The summed E-state index contributed by atoms with van der Waals surface area (Å²) in [7, 11) is 0. The highest BCUT2D eigenvalue weighted by atomic mass is 32.1. The molecule has 0 bridgehead atoms. The van der Waals surface area contributed by atoms with Crippen molar-refractivity contribution in [2.45, 2.75) is 31.1 Å². The largest absolute Gasteiger partial charge is 0.478 e. The molecular weight excluding hydrogens is 376 g/mol. The third kappa shape index (κ3) is 3.75. The van der Waals surface area contributed by atoms with Crippen LogP contribution in [0.4, 0.5) is 0 Å². The summed E-state index contributed by atoms with van der Waals surface area (Å²) in [5.74, 6) is -1.92. The lowest BCUT2D eigenvalue weighted by molar-refractivity contribution is 0.0348. The van der Waals surface area contributed by atoms with E-state index >= 15 is 0 Å². The number of aromatic nitrogens is 1. The Bertz CT molecular complexity index is 887. The summed E-state index contributed by atoms with van der Waals surface area (Å²) in [4.78, 5) is 28.5. The number of carboxylic acids is 1. The second-order valence-corrected chi connectivity index (χ2v) is 7.41. The smallest absolute Gasteiger partial charge is 0.339 e. The Morgan fingerprint density at radius 1 is 1.21 bits per heavy atom. The van der Waals surface area contributed by atoms with Crippen molar-refractivity contribution in [3.8, 4) is 0 Å². The molecule has 6 nitrogen and oxygen atoms in total. The molecule has 2 aromatic rings. The minimum Gasteiger partial charge on any atom is -0.478 e. The van der Waals surface area contributed by atoms with Crippen LogP contribution < -0.4 is 5.73 Å². The summed E-state index contributed by atoms with van der Waals surface area (Å²) in [6, 6.07) is 9.81. The van der Waals surface area contributed by atoms with E-state index in [0.29, 0.717) is 4.99 Å². The standard InChI is InChI=1S/C21H22N2O4S/c22-20(28)21(14-7-5-11-23-12-14)10-4-3-6-15(21)13-27-19(26)17-9-2-1-8-16(17)18(24)25/h1-2,5,7-9,11-12,15H,3-4,6,10,13H2,(H2,22,28)(H,24,25). The molecule has 3 N–H and O–H groups in total. The average molecular weight is 398 g/mol. The molecule has 1 aromatic heterocycles. The number of thiocarbonyl (C=S) groups is 1. The number of ether oxygens (including phenoxy) is 1. The first kappa shape index (κ1) is 19.9.